The highest BCUT2D eigenvalue weighted by Crippen LogP contribution is 2.20. The predicted octanol–water partition coefficient (Wildman–Crippen LogP) is 2.44. The second kappa shape index (κ2) is 5.16. The van der Waals surface area contributed by atoms with Crippen LogP contribution in [-0.2, 0) is 6.54 Å². The second-order valence-corrected chi connectivity index (χ2v) is 4.41. The highest BCUT2D eigenvalue weighted by Gasteiger charge is 2.05. The van der Waals surface area contributed by atoms with Crippen molar-refractivity contribution in [1.82, 2.24) is 25.0 Å². The maximum absolute atomic E-state index is 5.96. The fourth-order valence-corrected chi connectivity index (χ4v) is 1.90. The molecule has 0 bridgehead atoms. The van der Waals surface area contributed by atoms with Crippen LogP contribution >= 0.6 is 11.6 Å². The molecule has 3 rings (SSSR count). The molecule has 0 aliphatic rings. The number of nitrogens with zero attached hydrogens (tertiary/aromatic N) is 5. The van der Waals surface area contributed by atoms with Gasteiger partial charge in [-0.05, 0) is 18.2 Å². The van der Waals surface area contributed by atoms with Crippen molar-refractivity contribution in [3.8, 4) is 11.3 Å². The Bertz CT molecular complexity index is 680. The van der Waals surface area contributed by atoms with E-state index >= 15 is 0 Å². The van der Waals surface area contributed by atoms with E-state index in [2.05, 4.69) is 20.3 Å². The minimum Gasteiger partial charge on any atom is -0.244 e. The minimum absolute atomic E-state index is 0.494. The SMILES string of the molecule is Clc1cccc(-c2cn(Cc3ncccn3)nn2)c1. The van der Waals surface area contributed by atoms with Crippen LogP contribution in [0.5, 0.6) is 0 Å². The molecule has 94 valence electrons. The molecule has 0 N–H and O–H groups in total. The third-order valence-corrected chi connectivity index (χ3v) is 2.82. The normalized spacial score (nSPS) is 10.6. The molecule has 2 aromatic heterocycles. The molecule has 2 heterocycles. The van der Waals surface area contributed by atoms with E-state index in [4.69, 9.17) is 11.6 Å². The lowest BCUT2D eigenvalue weighted by atomic mass is 10.2. The van der Waals surface area contributed by atoms with Crippen LogP contribution in [-0.4, -0.2) is 25.0 Å². The molecule has 0 aliphatic heterocycles. The Morgan fingerprint density at radius 3 is 2.74 bits per heavy atom. The van der Waals surface area contributed by atoms with Crippen molar-refractivity contribution in [2.24, 2.45) is 0 Å². The lowest BCUT2D eigenvalue weighted by Gasteiger charge is -1.98. The minimum atomic E-state index is 0.494. The van der Waals surface area contributed by atoms with Crippen LogP contribution < -0.4 is 0 Å². The standard InChI is InChI=1S/C13H10ClN5/c14-11-4-1-3-10(7-11)12-8-19(18-17-12)9-13-15-5-2-6-16-13/h1-8H,9H2. The van der Waals surface area contributed by atoms with Crippen molar-refractivity contribution < 1.29 is 0 Å². The smallest absolute Gasteiger partial charge is 0.149 e. The first-order valence-electron chi connectivity index (χ1n) is 5.73. The van der Waals surface area contributed by atoms with E-state index in [-0.39, 0.29) is 0 Å². The van der Waals surface area contributed by atoms with Gasteiger partial charge < -0.3 is 0 Å². The summed E-state index contributed by atoms with van der Waals surface area (Å²) in [7, 11) is 0. The number of halogens is 1. The molecule has 0 amide bonds. The van der Waals surface area contributed by atoms with E-state index in [1.165, 1.54) is 0 Å². The molecule has 0 fully saturated rings. The van der Waals surface area contributed by atoms with Crippen LogP contribution in [0.3, 0.4) is 0 Å². The molecule has 0 aliphatic carbocycles. The lowest BCUT2D eigenvalue weighted by Crippen LogP contribution is -2.04. The van der Waals surface area contributed by atoms with Crippen molar-refractivity contribution in [3.05, 3.63) is 59.8 Å². The molecular weight excluding hydrogens is 262 g/mol. The van der Waals surface area contributed by atoms with Gasteiger partial charge in [0.15, 0.2) is 0 Å². The topological polar surface area (TPSA) is 56.5 Å². The van der Waals surface area contributed by atoms with Gasteiger partial charge in [-0.25, -0.2) is 14.6 Å². The van der Waals surface area contributed by atoms with Gasteiger partial charge in [0.25, 0.3) is 0 Å². The zero-order chi connectivity index (χ0) is 13.1. The van der Waals surface area contributed by atoms with Crippen molar-refractivity contribution in [2.45, 2.75) is 6.54 Å². The molecule has 0 radical (unpaired) electrons. The maximum atomic E-state index is 5.96. The van der Waals surface area contributed by atoms with Gasteiger partial charge in [0.2, 0.25) is 0 Å². The Kier molecular flexibility index (Phi) is 3.20. The van der Waals surface area contributed by atoms with Crippen molar-refractivity contribution in [3.63, 3.8) is 0 Å². The molecule has 0 saturated heterocycles. The summed E-state index contributed by atoms with van der Waals surface area (Å²) in [6.07, 6.45) is 5.26. The van der Waals surface area contributed by atoms with Gasteiger partial charge in [-0.2, -0.15) is 0 Å². The summed E-state index contributed by atoms with van der Waals surface area (Å²) in [5, 5.41) is 8.86. The first-order valence-corrected chi connectivity index (χ1v) is 6.11. The highest BCUT2D eigenvalue weighted by molar-refractivity contribution is 6.30. The van der Waals surface area contributed by atoms with Crippen molar-refractivity contribution in [1.29, 1.82) is 0 Å². The molecule has 0 unspecified atom stereocenters. The largest absolute Gasteiger partial charge is 0.244 e. The second-order valence-electron chi connectivity index (χ2n) is 3.98. The van der Waals surface area contributed by atoms with Crippen LogP contribution in [0.2, 0.25) is 5.02 Å². The Morgan fingerprint density at radius 1 is 1.11 bits per heavy atom. The number of rotatable bonds is 3. The first-order chi connectivity index (χ1) is 9.31. The van der Waals surface area contributed by atoms with E-state index in [9.17, 15) is 0 Å². The third-order valence-electron chi connectivity index (χ3n) is 2.58. The van der Waals surface area contributed by atoms with Crippen LogP contribution in [0.25, 0.3) is 11.3 Å². The molecule has 19 heavy (non-hydrogen) atoms. The molecular formula is C13H10ClN5. The Morgan fingerprint density at radius 2 is 1.95 bits per heavy atom. The quantitative estimate of drug-likeness (QED) is 0.734. The van der Waals surface area contributed by atoms with Crippen molar-refractivity contribution in [2.75, 3.05) is 0 Å². The summed E-state index contributed by atoms with van der Waals surface area (Å²) in [5.74, 6) is 0.699. The van der Waals surface area contributed by atoms with Crippen LogP contribution in [0, 0.1) is 0 Å². The van der Waals surface area contributed by atoms with Gasteiger partial charge in [0, 0.05) is 23.0 Å². The van der Waals surface area contributed by atoms with Gasteiger partial charge in [0.05, 0.1) is 6.20 Å². The molecule has 3 aromatic rings. The average Bonchev–Trinajstić information content (AvgIpc) is 2.88. The van der Waals surface area contributed by atoms with Gasteiger partial charge >= 0.3 is 0 Å². The summed E-state index contributed by atoms with van der Waals surface area (Å²) >= 11 is 5.96. The zero-order valence-corrected chi connectivity index (χ0v) is 10.7. The summed E-state index contributed by atoms with van der Waals surface area (Å²) in [6, 6.07) is 9.29. The van der Waals surface area contributed by atoms with E-state index in [1.54, 1.807) is 23.1 Å². The Balaban J connectivity index is 1.84. The van der Waals surface area contributed by atoms with E-state index in [1.807, 2.05) is 30.5 Å². The summed E-state index contributed by atoms with van der Waals surface area (Å²) in [5.41, 5.74) is 1.71. The van der Waals surface area contributed by atoms with E-state index in [0.29, 0.717) is 17.4 Å². The Hall–Kier alpha value is -2.27. The number of aromatic nitrogens is 5. The van der Waals surface area contributed by atoms with Gasteiger partial charge in [-0.15, -0.1) is 5.10 Å². The fraction of sp³-hybridized carbons (Fsp3) is 0.0769. The van der Waals surface area contributed by atoms with Crippen molar-refractivity contribution >= 4 is 11.6 Å². The molecule has 0 spiro atoms. The number of hydrogen-bond donors (Lipinski definition) is 0. The molecule has 1 aromatic carbocycles. The lowest BCUT2D eigenvalue weighted by molar-refractivity contribution is 0.624. The first kappa shape index (κ1) is 11.8. The number of hydrogen-bond acceptors (Lipinski definition) is 4. The average molecular weight is 272 g/mol. The molecule has 5 nitrogen and oxygen atoms in total. The van der Waals surface area contributed by atoms with Crippen LogP contribution in [0.4, 0.5) is 0 Å². The highest BCUT2D eigenvalue weighted by atomic mass is 35.5. The van der Waals surface area contributed by atoms with E-state index in [0.717, 1.165) is 11.3 Å². The van der Waals surface area contributed by atoms with Gasteiger partial charge in [0.1, 0.15) is 18.1 Å². The monoisotopic (exact) mass is 271 g/mol. The molecule has 0 saturated carbocycles. The van der Waals surface area contributed by atoms with Gasteiger partial charge in [-0.1, -0.05) is 28.9 Å². The predicted molar refractivity (Wildman–Crippen MR) is 71.6 cm³/mol. The van der Waals surface area contributed by atoms with Crippen LogP contribution in [0.15, 0.2) is 48.9 Å². The van der Waals surface area contributed by atoms with E-state index < -0.39 is 0 Å². The third kappa shape index (κ3) is 2.77. The van der Waals surface area contributed by atoms with Gasteiger partial charge in [-0.3, -0.25) is 0 Å². The van der Waals surface area contributed by atoms with Crippen LogP contribution in [0.1, 0.15) is 5.82 Å². The molecule has 0 atom stereocenters. The zero-order valence-electron chi connectivity index (χ0n) is 9.94. The number of benzene rings is 1. The summed E-state index contributed by atoms with van der Waals surface area (Å²) in [6.45, 7) is 0.494. The summed E-state index contributed by atoms with van der Waals surface area (Å²) in [4.78, 5) is 8.30. The Labute approximate surface area is 114 Å². The summed E-state index contributed by atoms with van der Waals surface area (Å²) < 4.78 is 1.70. The molecule has 6 heteroatoms. The fourth-order valence-electron chi connectivity index (χ4n) is 1.71. The maximum Gasteiger partial charge on any atom is 0.149 e.